The van der Waals surface area contributed by atoms with E-state index in [4.69, 9.17) is 15.3 Å². The van der Waals surface area contributed by atoms with E-state index in [9.17, 15) is 4.39 Å². The standard InChI is InChI=1S/C22H16FN5OS/c1-12-5-14(8-24)6-13(2)20(12)29-21-17-10-30-11-19(17)27-22(28-21)26-16-4-3-15(9-25)18(23)7-16/h3-7H,10-11H2,1-2H3,(H,26,27,28). The average Bonchev–Trinajstić information content (AvgIpc) is 3.19. The first-order chi connectivity index (χ1) is 14.5. The van der Waals surface area contributed by atoms with Crippen LogP contribution in [0.15, 0.2) is 30.3 Å². The summed E-state index contributed by atoms with van der Waals surface area (Å²) < 4.78 is 20.1. The van der Waals surface area contributed by atoms with Gasteiger partial charge in [-0.3, -0.25) is 0 Å². The van der Waals surface area contributed by atoms with Crippen molar-refractivity contribution in [2.45, 2.75) is 25.4 Å². The van der Waals surface area contributed by atoms with Gasteiger partial charge in [0.1, 0.15) is 17.6 Å². The number of nitrogens with one attached hydrogen (secondary N) is 1. The second-order valence-electron chi connectivity index (χ2n) is 6.85. The SMILES string of the molecule is Cc1cc(C#N)cc(C)c1Oc1nc(Nc2ccc(C#N)c(F)c2)nc2c1CSC2. The highest BCUT2D eigenvalue weighted by atomic mass is 32.2. The van der Waals surface area contributed by atoms with Crippen molar-refractivity contribution in [3.05, 3.63) is 69.7 Å². The Labute approximate surface area is 177 Å². The van der Waals surface area contributed by atoms with E-state index in [-0.39, 0.29) is 5.56 Å². The first-order valence-electron chi connectivity index (χ1n) is 9.12. The number of aryl methyl sites for hydroxylation is 2. The summed E-state index contributed by atoms with van der Waals surface area (Å²) in [6.45, 7) is 3.77. The third-order valence-electron chi connectivity index (χ3n) is 4.67. The number of nitrogens with zero attached hydrogens (tertiary/aromatic N) is 4. The lowest BCUT2D eigenvalue weighted by atomic mass is 10.1. The number of nitriles is 2. The van der Waals surface area contributed by atoms with Gasteiger partial charge < -0.3 is 10.1 Å². The van der Waals surface area contributed by atoms with Crippen molar-refractivity contribution >= 4 is 23.4 Å². The summed E-state index contributed by atoms with van der Waals surface area (Å²) in [5, 5.41) is 21.0. The van der Waals surface area contributed by atoms with Crippen LogP contribution in [0.1, 0.15) is 33.5 Å². The highest BCUT2D eigenvalue weighted by Gasteiger charge is 2.23. The number of ether oxygens (including phenoxy) is 1. The Morgan fingerprint density at radius 2 is 1.83 bits per heavy atom. The normalized spacial score (nSPS) is 12.0. The number of halogens is 1. The Morgan fingerprint density at radius 3 is 2.50 bits per heavy atom. The minimum Gasteiger partial charge on any atom is -0.438 e. The van der Waals surface area contributed by atoms with Gasteiger partial charge in [-0.2, -0.15) is 27.3 Å². The molecule has 1 aliphatic heterocycles. The molecule has 3 aromatic rings. The summed E-state index contributed by atoms with van der Waals surface area (Å²) in [4.78, 5) is 9.06. The van der Waals surface area contributed by atoms with Crippen LogP contribution >= 0.6 is 11.8 Å². The Hall–Kier alpha value is -3.62. The number of rotatable bonds is 4. The van der Waals surface area contributed by atoms with Crippen molar-refractivity contribution in [3.8, 4) is 23.8 Å². The molecule has 1 N–H and O–H groups in total. The third-order valence-corrected chi connectivity index (χ3v) is 5.64. The van der Waals surface area contributed by atoms with Crippen LogP contribution in [0.2, 0.25) is 0 Å². The molecule has 6 nitrogen and oxygen atoms in total. The molecule has 0 unspecified atom stereocenters. The van der Waals surface area contributed by atoms with Gasteiger partial charge in [0.15, 0.2) is 0 Å². The van der Waals surface area contributed by atoms with E-state index in [2.05, 4.69) is 21.4 Å². The second-order valence-corrected chi connectivity index (χ2v) is 7.84. The zero-order valence-electron chi connectivity index (χ0n) is 16.3. The van der Waals surface area contributed by atoms with Crippen molar-refractivity contribution in [2.75, 3.05) is 5.32 Å². The maximum atomic E-state index is 13.9. The topological polar surface area (TPSA) is 94.6 Å². The lowest BCUT2D eigenvalue weighted by Crippen LogP contribution is -2.05. The van der Waals surface area contributed by atoms with Gasteiger partial charge in [-0.25, -0.2) is 9.37 Å². The van der Waals surface area contributed by atoms with Gasteiger partial charge in [0, 0.05) is 22.8 Å². The third kappa shape index (κ3) is 3.78. The zero-order chi connectivity index (χ0) is 21.3. The fraction of sp³-hybridized carbons (Fsp3) is 0.182. The number of hydrogen-bond donors (Lipinski definition) is 1. The van der Waals surface area contributed by atoms with Crippen molar-refractivity contribution in [2.24, 2.45) is 0 Å². The van der Waals surface area contributed by atoms with Crippen LogP contribution in [-0.4, -0.2) is 9.97 Å². The Balaban J connectivity index is 1.70. The van der Waals surface area contributed by atoms with Crippen LogP contribution in [0.25, 0.3) is 0 Å². The van der Waals surface area contributed by atoms with Crippen LogP contribution in [0, 0.1) is 42.3 Å². The number of fused-ring (bicyclic) bond motifs is 1. The monoisotopic (exact) mass is 417 g/mol. The van der Waals surface area contributed by atoms with Crippen LogP contribution in [0.5, 0.6) is 11.6 Å². The molecule has 2 heterocycles. The molecule has 0 atom stereocenters. The summed E-state index contributed by atoms with van der Waals surface area (Å²) in [5.74, 6) is 2.25. The Bertz CT molecular complexity index is 1220. The van der Waals surface area contributed by atoms with E-state index in [0.717, 1.165) is 33.9 Å². The van der Waals surface area contributed by atoms with E-state index in [1.54, 1.807) is 36.0 Å². The molecule has 8 heteroatoms. The quantitative estimate of drug-likeness (QED) is 0.619. The number of thioether (sulfide) groups is 1. The van der Waals surface area contributed by atoms with Crippen molar-refractivity contribution in [3.63, 3.8) is 0 Å². The molecular formula is C22H16FN5OS. The Kier molecular flexibility index (Phi) is 5.26. The minimum atomic E-state index is -0.612. The molecule has 0 spiro atoms. The predicted molar refractivity (Wildman–Crippen MR) is 112 cm³/mol. The second kappa shape index (κ2) is 8.02. The molecule has 0 amide bonds. The van der Waals surface area contributed by atoms with Crippen LogP contribution in [0.3, 0.4) is 0 Å². The van der Waals surface area contributed by atoms with Crippen LogP contribution in [-0.2, 0) is 11.5 Å². The highest BCUT2D eigenvalue weighted by molar-refractivity contribution is 7.98. The molecule has 0 saturated carbocycles. The van der Waals surface area contributed by atoms with Crippen LogP contribution in [0.4, 0.5) is 16.0 Å². The molecule has 0 aliphatic carbocycles. The largest absolute Gasteiger partial charge is 0.438 e. The van der Waals surface area contributed by atoms with E-state index < -0.39 is 5.82 Å². The molecular weight excluding hydrogens is 401 g/mol. The number of hydrogen-bond acceptors (Lipinski definition) is 7. The summed E-state index contributed by atoms with van der Waals surface area (Å²) in [5.41, 5.74) is 4.47. The van der Waals surface area contributed by atoms with Gasteiger partial charge >= 0.3 is 0 Å². The molecule has 1 aliphatic rings. The molecule has 30 heavy (non-hydrogen) atoms. The van der Waals surface area contributed by atoms with Gasteiger partial charge in [0.25, 0.3) is 0 Å². The molecule has 0 radical (unpaired) electrons. The van der Waals surface area contributed by atoms with Gasteiger partial charge in [-0.1, -0.05) is 0 Å². The smallest absolute Gasteiger partial charge is 0.230 e. The molecule has 148 valence electrons. The lowest BCUT2D eigenvalue weighted by Gasteiger charge is -2.15. The van der Waals surface area contributed by atoms with Gasteiger partial charge in [0.2, 0.25) is 11.8 Å². The van der Waals surface area contributed by atoms with E-state index in [1.165, 1.54) is 12.1 Å². The number of anilines is 2. The molecule has 0 fully saturated rings. The molecule has 2 aromatic carbocycles. The van der Waals surface area contributed by atoms with Crippen molar-refractivity contribution in [1.82, 2.24) is 9.97 Å². The minimum absolute atomic E-state index is 0.0254. The van der Waals surface area contributed by atoms with E-state index in [1.807, 2.05) is 13.8 Å². The molecule has 0 saturated heterocycles. The highest BCUT2D eigenvalue weighted by Crippen LogP contribution is 2.38. The fourth-order valence-electron chi connectivity index (χ4n) is 3.25. The number of benzene rings is 2. The summed E-state index contributed by atoms with van der Waals surface area (Å²) in [7, 11) is 0. The first-order valence-corrected chi connectivity index (χ1v) is 10.3. The first kappa shape index (κ1) is 19.7. The fourth-order valence-corrected chi connectivity index (χ4v) is 4.28. The maximum absolute atomic E-state index is 13.9. The summed E-state index contributed by atoms with van der Waals surface area (Å²) in [6, 6.07) is 11.7. The Morgan fingerprint density at radius 1 is 1.07 bits per heavy atom. The van der Waals surface area contributed by atoms with Gasteiger partial charge in [-0.05, 0) is 55.3 Å². The number of aromatic nitrogens is 2. The lowest BCUT2D eigenvalue weighted by molar-refractivity contribution is 0.450. The van der Waals surface area contributed by atoms with Crippen molar-refractivity contribution < 1.29 is 9.13 Å². The van der Waals surface area contributed by atoms with Gasteiger partial charge in [-0.15, -0.1) is 0 Å². The summed E-state index contributed by atoms with van der Waals surface area (Å²) >= 11 is 1.72. The summed E-state index contributed by atoms with van der Waals surface area (Å²) in [6.07, 6.45) is 0. The van der Waals surface area contributed by atoms with E-state index in [0.29, 0.717) is 28.8 Å². The molecule has 1 aromatic heterocycles. The maximum Gasteiger partial charge on any atom is 0.230 e. The average molecular weight is 417 g/mol. The predicted octanol–water partition coefficient (Wildman–Crippen LogP) is 5.26. The molecule has 0 bridgehead atoms. The molecule has 4 rings (SSSR count). The van der Waals surface area contributed by atoms with Crippen molar-refractivity contribution in [1.29, 1.82) is 10.5 Å². The van der Waals surface area contributed by atoms with E-state index >= 15 is 0 Å². The zero-order valence-corrected chi connectivity index (χ0v) is 17.1. The van der Waals surface area contributed by atoms with Gasteiger partial charge in [0.05, 0.1) is 22.9 Å². The van der Waals surface area contributed by atoms with Crippen LogP contribution < -0.4 is 10.1 Å².